The van der Waals surface area contributed by atoms with Crippen LogP contribution in [0.4, 0.5) is 5.13 Å². The van der Waals surface area contributed by atoms with Crippen molar-refractivity contribution in [2.75, 3.05) is 31.6 Å². The maximum absolute atomic E-state index is 9.01. The van der Waals surface area contributed by atoms with E-state index in [1.54, 1.807) is 11.3 Å². The van der Waals surface area contributed by atoms with Crippen LogP contribution in [0, 0.1) is 0 Å². The van der Waals surface area contributed by atoms with Crippen LogP contribution in [-0.4, -0.2) is 47.8 Å². The number of anilines is 1. The van der Waals surface area contributed by atoms with Gasteiger partial charge >= 0.3 is 0 Å². The molecule has 1 N–H and O–H groups in total. The summed E-state index contributed by atoms with van der Waals surface area (Å²) < 4.78 is 0. The average molecular weight is 267 g/mol. The van der Waals surface area contributed by atoms with E-state index in [0.29, 0.717) is 12.6 Å². The summed E-state index contributed by atoms with van der Waals surface area (Å²) >= 11 is 1.70. The predicted molar refractivity (Wildman–Crippen MR) is 76.1 cm³/mol. The molecule has 100 valence electrons. The van der Waals surface area contributed by atoms with E-state index in [1.165, 1.54) is 12.8 Å². The summed E-state index contributed by atoms with van der Waals surface area (Å²) in [6, 6.07) is 0.700. The van der Waals surface area contributed by atoms with Gasteiger partial charge in [0.15, 0.2) is 5.13 Å². The molecule has 0 radical (unpaired) electrons. The largest absolute Gasteiger partial charge is 0.395 e. The van der Waals surface area contributed by atoms with Crippen LogP contribution >= 0.6 is 11.3 Å². The molecule has 1 saturated carbocycles. The van der Waals surface area contributed by atoms with E-state index in [0.717, 1.165) is 23.9 Å². The van der Waals surface area contributed by atoms with E-state index < -0.39 is 0 Å². The van der Waals surface area contributed by atoms with E-state index in [2.05, 4.69) is 33.8 Å². The first-order valence-electron chi connectivity index (χ1n) is 6.36. The van der Waals surface area contributed by atoms with Gasteiger partial charge in [-0.2, -0.15) is 0 Å². The Kier molecular flexibility index (Phi) is 4.74. The molecule has 0 amide bonds. The van der Waals surface area contributed by atoms with Crippen molar-refractivity contribution in [3.05, 3.63) is 23.7 Å². The summed E-state index contributed by atoms with van der Waals surface area (Å²) in [4.78, 5) is 9.08. The zero-order valence-corrected chi connectivity index (χ0v) is 11.7. The van der Waals surface area contributed by atoms with Gasteiger partial charge in [0, 0.05) is 38.1 Å². The highest BCUT2D eigenvalue weighted by molar-refractivity contribution is 7.13. The van der Waals surface area contributed by atoms with Crippen molar-refractivity contribution in [2.24, 2.45) is 0 Å². The van der Waals surface area contributed by atoms with E-state index >= 15 is 0 Å². The number of aliphatic hydroxyl groups is 1. The van der Waals surface area contributed by atoms with Gasteiger partial charge < -0.3 is 10.0 Å². The molecule has 0 aromatic carbocycles. The molecule has 1 aromatic heterocycles. The molecule has 1 aliphatic rings. The fourth-order valence-corrected chi connectivity index (χ4v) is 2.79. The minimum atomic E-state index is 0.173. The van der Waals surface area contributed by atoms with Gasteiger partial charge in [-0.15, -0.1) is 17.9 Å². The van der Waals surface area contributed by atoms with Gasteiger partial charge in [0.1, 0.15) is 0 Å². The SMILES string of the molecule is C=CCN(CCO)Cc1csc(N(C)C2CC2)n1. The van der Waals surface area contributed by atoms with Gasteiger partial charge in [-0.25, -0.2) is 4.98 Å². The fourth-order valence-electron chi connectivity index (χ4n) is 1.94. The molecular weight excluding hydrogens is 246 g/mol. The molecule has 0 atom stereocenters. The van der Waals surface area contributed by atoms with Crippen LogP contribution < -0.4 is 4.90 Å². The normalized spacial score (nSPS) is 15.1. The van der Waals surface area contributed by atoms with Crippen LogP contribution in [0.2, 0.25) is 0 Å². The van der Waals surface area contributed by atoms with E-state index in [1.807, 2.05) is 6.08 Å². The average Bonchev–Trinajstić information content (AvgIpc) is 3.10. The summed E-state index contributed by atoms with van der Waals surface area (Å²) in [5, 5.41) is 12.2. The maximum atomic E-state index is 9.01. The molecule has 1 fully saturated rings. The van der Waals surface area contributed by atoms with Crippen molar-refractivity contribution in [2.45, 2.75) is 25.4 Å². The van der Waals surface area contributed by atoms with Crippen molar-refractivity contribution in [1.82, 2.24) is 9.88 Å². The predicted octanol–water partition coefficient (Wildman–Crippen LogP) is 1.72. The molecule has 1 heterocycles. The first-order chi connectivity index (χ1) is 8.74. The topological polar surface area (TPSA) is 39.6 Å². The number of aliphatic hydroxyl groups excluding tert-OH is 1. The van der Waals surface area contributed by atoms with Crippen molar-refractivity contribution in [1.29, 1.82) is 0 Å². The molecule has 1 aliphatic carbocycles. The molecule has 0 unspecified atom stereocenters. The summed E-state index contributed by atoms with van der Waals surface area (Å²) in [5.74, 6) is 0. The highest BCUT2D eigenvalue weighted by atomic mass is 32.1. The first-order valence-corrected chi connectivity index (χ1v) is 7.24. The Bertz CT molecular complexity index is 389. The van der Waals surface area contributed by atoms with Crippen LogP contribution in [0.25, 0.3) is 0 Å². The van der Waals surface area contributed by atoms with Gasteiger partial charge in [0.25, 0.3) is 0 Å². The zero-order valence-electron chi connectivity index (χ0n) is 10.9. The quantitative estimate of drug-likeness (QED) is 0.728. The second kappa shape index (κ2) is 6.31. The highest BCUT2D eigenvalue weighted by Crippen LogP contribution is 2.32. The summed E-state index contributed by atoms with van der Waals surface area (Å²) in [6.45, 7) is 6.14. The van der Waals surface area contributed by atoms with Crippen LogP contribution in [0.3, 0.4) is 0 Å². The third kappa shape index (κ3) is 3.54. The Hall–Kier alpha value is -0.910. The number of rotatable bonds is 8. The Balaban J connectivity index is 1.93. The molecule has 1 aromatic rings. The van der Waals surface area contributed by atoms with Gasteiger partial charge in [0.2, 0.25) is 0 Å². The number of hydrogen-bond acceptors (Lipinski definition) is 5. The molecular formula is C13H21N3OS. The van der Waals surface area contributed by atoms with Crippen molar-refractivity contribution < 1.29 is 5.11 Å². The maximum Gasteiger partial charge on any atom is 0.185 e. The highest BCUT2D eigenvalue weighted by Gasteiger charge is 2.28. The molecule has 0 bridgehead atoms. The van der Waals surface area contributed by atoms with Crippen molar-refractivity contribution >= 4 is 16.5 Å². The van der Waals surface area contributed by atoms with Gasteiger partial charge in [-0.05, 0) is 12.8 Å². The second-order valence-electron chi connectivity index (χ2n) is 4.71. The Morgan fingerprint density at radius 3 is 3.00 bits per heavy atom. The third-order valence-electron chi connectivity index (χ3n) is 3.13. The Morgan fingerprint density at radius 1 is 1.61 bits per heavy atom. The number of thiazole rings is 1. The third-order valence-corrected chi connectivity index (χ3v) is 4.11. The number of aromatic nitrogens is 1. The molecule has 0 spiro atoms. The summed E-state index contributed by atoms with van der Waals surface area (Å²) in [7, 11) is 2.12. The minimum Gasteiger partial charge on any atom is -0.395 e. The molecule has 0 saturated heterocycles. The van der Waals surface area contributed by atoms with Crippen LogP contribution in [0.15, 0.2) is 18.0 Å². The van der Waals surface area contributed by atoms with Gasteiger partial charge in [-0.3, -0.25) is 4.90 Å². The minimum absolute atomic E-state index is 0.173. The summed E-state index contributed by atoms with van der Waals surface area (Å²) in [5.41, 5.74) is 1.08. The zero-order chi connectivity index (χ0) is 13.0. The lowest BCUT2D eigenvalue weighted by Crippen LogP contribution is -2.26. The van der Waals surface area contributed by atoms with Gasteiger partial charge in [-0.1, -0.05) is 6.08 Å². The molecule has 2 rings (SSSR count). The standard InChI is InChI=1S/C13H21N3OS/c1-3-6-16(7-8-17)9-11-10-18-13(14-11)15(2)12-4-5-12/h3,10,12,17H,1,4-9H2,2H3. The Morgan fingerprint density at radius 2 is 2.39 bits per heavy atom. The van der Waals surface area contributed by atoms with Crippen LogP contribution in [0.1, 0.15) is 18.5 Å². The van der Waals surface area contributed by atoms with E-state index in [-0.39, 0.29) is 6.61 Å². The van der Waals surface area contributed by atoms with Crippen molar-refractivity contribution in [3.63, 3.8) is 0 Å². The van der Waals surface area contributed by atoms with Gasteiger partial charge in [0.05, 0.1) is 12.3 Å². The monoisotopic (exact) mass is 267 g/mol. The molecule has 18 heavy (non-hydrogen) atoms. The lowest BCUT2D eigenvalue weighted by molar-refractivity contribution is 0.202. The van der Waals surface area contributed by atoms with E-state index in [4.69, 9.17) is 5.11 Å². The van der Waals surface area contributed by atoms with Crippen molar-refractivity contribution in [3.8, 4) is 0 Å². The second-order valence-corrected chi connectivity index (χ2v) is 5.55. The molecule has 5 heteroatoms. The number of nitrogens with zero attached hydrogens (tertiary/aromatic N) is 3. The lowest BCUT2D eigenvalue weighted by atomic mass is 10.4. The first kappa shape index (κ1) is 13.5. The van der Waals surface area contributed by atoms with Crippen LogP contribution in [-0.2, 0) is 6.54 Å². The van der Waals surface area contributed by atoms with Crippen LogP contribution in [0.5, 0.6) is 0 Å². The fraction of sp³-hybridized carbons (Fsp3) is 0.615. The molecule has 4 nitrogen and oxygen atoms in total. The lowest BCUT2D eigenvalue weighted by Gasteiger charge is -2.18. The summed E-state index contributed by atoms with van der Waals surface area (Å²) in [6.07, 6.45) is 4.44. The Labute approximate surface area is 113 Å². The number of hydrogen-bond donors (Lipinski definition) is 1. The molecule has 0 aliphatic heterocycles. The van der Waals surface area contributed by atoms with E-state index in [9.17, 15) is 0 Å². The smallest absolute Gasteiger partial charge is 0.185 e.